The van der Waals surface area contributed by atoms with Crippen LogP contribution in [-0.2, 0) is 9.59 Å². The van der Waals surface area contributed by atoms with E-state index >= 15 is 4.39 Å². The molecule has 4 atom stereocenters. The lowest BCUT2D eigenvalue weighted by atomic mass is 9.52. The maximum atomic E-state index is 15.0. The average molecular weight is 449 g/mol. The molecule has 6 nitrogen and oxygen atoms in total. The predicted octanol–water partition coefficient (Wildman–Crippen LogP) is 4.70. The highest BCUT2D eigenvalue weighted by molar-refractivity contribution is 6.31. The fourth-order valence-electron chi connectivity index (χ4n) is 6.04. The van der Waals surface area contributed by atoms with Gasteiger partial charge in [0.25, 0.3) is 0 Å². The van der Waals surface area contributed by atoms with Crippen molar-refractivity contribution in [2.24, 2.45) is 17.3 Å². The topological polar surface area (TPSA) is 110 Å². The van der Waals surface area contributed by atoms with E-state index in [-0.39, 0.29) is 21.9 Å². The van der Waals surface area contributed by atoms with Crippen molar-refractivity contribution < 1.29 is 24.2 Å². The molecule has 0 bridgehead atoms. The second kappa shape index (κ2) is 8.16. The zero-order valence-electron chi connectivity index (χ0n) is 17.7. The summed E-state index contributed by atoms with van der Waals surface area (Å²) in [5.74, 6) is -6.53. The first kappa shape index (κ1) is 23.1. The summed E-state index contributed by atoms with van der Waals surface area (Å²) in [6.45, 7) is 5.06. The van der Waals surface area contributed by atoms with Crippen LogP contribution in [0.4, 0.5) is 4.39 Å². The van der Waals surface area contributed by atoms with Gasteiger partial charge >= 0.3 is 11.9 Å². The molecule has 0 saturated heterocycles. The Balaban J connectivity index is 2.38. The number of carbonyl (C=O) groups is 2. The number of benzene rings is 1. The molecule has 1 aliphatic heterocycles. The maximum absolute atomic E-state index is 15.0. The monoisotopic (exact) mass is 448 g/mol. The number of nitrogens with zero attached hydrogens (tertiary/aromatic N) is 1. The normalized spacial score (nSPS) is 28.5. The highest BCUT2D eigenvalue weighted by atomic mass is 35.5. The molecule has 0 radical (unpaired) electrons. The summed E-state index contributed by atoms with van der Waals surface area (Å²) in [4.78, 5) is 25.0. The molecule has 0 spiro atoms. The Hall–Kier alpha value is -2.59. The van der Waals surface area contributed by atoms with Crippen molar-refractivity contribution in [3.05, 3.63) is 45.9 Å². The molecule has 8 heteroatoms. The van der Waals surface area contributed by atoms with Crippen molar-refractivity contribution in [1.82, 2.24) is 5.32 Å². The van der Waals surface area contributed by atoms with Gasteiger partial charge in [-0.1, -0.05) is 30.5 Å². The average Bonchev–Trinajstić information content (AvgIpc) is 3.18. The predicted molar refractivity (Wildman–Crippen MR) is 113 cm³/mol. The lowest BCUT2D eigenvalue weighted by Crippen LogP contribution is -2.67. The number of carboxylic acid groups (broad SMARTS) is 2. The van der Waals surface area contributed by atoms with Crippen LogP contribution in [0.5, 0.6) is 0 Å². The Labute approximate surface area is 185 Å². The van der Waals surface area contributed by atoms with Gasteiger partial charge in [0, 0.05) is 27.6 Å². The fraction of sp³-hybridized carbons (Fsp3) is 0.522. The second-order valence-corrected chi connectivity index (χ2v) is 9.22. The lowest BCUT2D eigenvalue weighted by molar-refractivity contribution is -0.150. The van der Waals surface area contributed by atoms with Crippen molar-refractivity contribution in [3.63, 3.8) is 0 Å². The largest absolute Gasteiger partial charge is 0.481 e. The van der Waals surface area contributed by atoms with Crippen LogP contribution >= 0.6 is 11.6 Å². The Morgan fingerprint density at radius 1 is 1.32 bits per heavy atom. The minimum atomic E-state index is -1.36. The van der Waals surface area contributed by atoms with E-state index in [1.807, 2.05) is 0 Å². The molecule has 4 unspecified atom stereocenters. The van der Waals surface area contributed by atoms with Gasteiger partial charge in [0.15, 0.2) is 0 Å². The molecule has 166 valence electrons. The molecule has 3 N–H and O–H groups in total. The van der Waals surface area contributed by atoms with Crippen LogP contribution in [0.15, 0.2) is 29.5 Å². The lowest BCUT2D eigenvalue weighted by Gasteiger charge is -2.56. The van der Waals surface area contributed by atoms with Crippen molar-refractivity contribution in [2.45, 2.75) is 57.9 Å². The number of hydrogen-bond acceptors (Lipinski definition) is 4. The Morgan fingerprint density at radius 3 is 2.42 bits per heavy atom. The Bertz CT molecular complexity index is 976. The molecule has 1 heterocycles. The molecular weight excluding hydrogens is 423 g/mol. The second-order valence-electron chi connectivity index (χ2n) is 8.81. The number of halogens is 2. The first-order valence-electron chi connectivity index (χ1n) is 10.3. The molecule has 1 aromatic carbocycles. The van der Waals surface area contributed by atoms with Crippen LogP contribution in [0.25, 0.3) is 0 Å². The zero-order chi connectivity index (χ0) is 23.1. The smallest absolute Gasteiger partial charge is 0.333 e. The van der Waals surface area contributed by atoms with E-state index < -0.39 is 46.5 Å². The minimum Gasteiger partial charge on any atom is -0.481 e. The highest BCUT2D eigenvalue weighted by Crippen LogP contribution is 2.59. The van der Waals surface area contributed by atoms with Gasteiger partial charge in [-0.25, -0.2) is 9.18 Å². The Kier molecular flexibility index (Phi) is 6.07. The molecule has 2 aliphatic rings. The summed E-state index contributed by atoms with van der Waals surface area (Å²) in [7, 11) is 0. The maximum Gasteiger partial charge on any atom is 0.333 e. The first-order chi connectivity index (χ1) is 14.5. The van der Waals surface area contributed by atoms with Crippen LogP contribution in [0.1, 0.15) is 57.9 Å². The van der Waals surface area contributed by atoms with E-state index in [4.69, 9.17) is 11.6 Å². The summed E-state index contributed by atoms with van der Waals surface area (Å²) < 4.78 is 15.0. The third-order valence-corrected chi connectivity index (χ3v) is 7.81. The van der Waals surface area contributed by atoms with Gasteiger partial charge in [-0.05, 0) is 45.7 Å². The van der Waals surface area contributed by atoms with Crippen LogP contribution in [0.3, 0.4) is 0 Å². The van der Waals surface area contributed by atoms with Gasteiger partial charge in [0.2, 0.25) is 0 Å². The van der Waals surface area contributed by atoms with E-state index in [0.29, 0.717) is 12.8 Å². The fourth-order valence-corrected chi connectivity index (χ4v) is 6.32. The number of carboxylic acids is 2. The molecular formula is C23H26ClFN2O4. The van der Waals surface area contributed by atoms with Crippen molar-refractivity contribution in [3.8, 4) is 6.07 Å². The number of hydrogen-bond donors (Lipinski definition) is 3. The van der Waals surface area contributed by atoms with E-state index in [1.165, 1.54) is 12.1 Å². The van der Waals surface area contributed by atoms with Crippen molar-refractivity contribution >= 4 is 23.5 Å². The molecule has 0 amide bonds. The summed E-state index contributed by atoms with van der Waals surface area (Å²) in [5, 5.41) is 33.3. The van der Waals surface area contributed by atoms with E-state index in [2.05, 4.69) is 11.4 Å². The van der Waals surface area contributed by atoms with E-state index in [9.17, 15) is 25.1 Å². The SMILES string of the molecule is CC1=C(C(=O)O)C(c2c(F)cccc2Cl)C(C(=O)O)C(C)(C2(C(C)C#N)CCCC2)N1. The molecule has 1 aliphatic carbocycles. The third kappa shape index (κ3) is 3.38. The first-order valence-corrected chi connectivity index (χ1v) is 10.7. The highest BCUT2D eigenvalue weighted by Gasteiger charge is 2.63. The quantitative estimate of drug-likeness (QED) is 0.602. The van der Waals surface area contributed by atoms with Gasteiger partial charge < -0.3 is 15.5 Å². The number of aliphatic carboxylic acids is 2. The number of nitrogens with one attached hydrogen (secondary N) is 1. The Morgan fingerprint density at radius 2 is 1.94 bits per heavy atom. The molecule has 0 aromatic heterocycles. The van der Waals surface area contributed by atoms with Crippen LogP contribution in [-0.4, -0.2) is 27.7 Å². The van der Waals surface area contributed by atoms with Crippen LogP contribution in [0, 0.1) is 34.4 Å². The van der Waals surface area contributed by atoms with Gasteiger partial charge in [0.1, 0.15) is 5.82 Å². The zero-order valence-corrected chi connectivity index (χ0v) is 18.5. The molecule has 31 heavy (non-hydrogen) atoms. The van der Waals surface area contributed by atoms with E-state index in [1.54, 1.807) is 20.8 Å². The van der Waals surface area contributed by atoms with E-state index in [0.717, 1.165) is 18.9 Å². The molecule has 1 fully saturated rings. The number of rotatable bonds is 5. The van der Waals surface area contributed by atoms with Crippen LogP contribution < -0.4 is 5.32 Å². The summed E-state index contributed by atoms with van der Waals surface area (Å²) in [6.07, 6.45) is 2.88. The summed E-state index contributed by atoms with van der Waals surface area (Å²) >= 11 is 6.31. The summed E-state index contributed by atoms with van der Waals surface area (Å²) in [5.41, 5.74) is -2.04. The van der Waals surface area contributed by atoms with Gasteiger partial charge in [-0.15, -0.1) is 0 Å². The van der Waals surface area contributed by atoms with Crippen molar-refractivity contribution in [1.29, 1.82) is 5.26 Å². The molecule has 1 saturated carbocycles. The van der Waals surface area contributed by atoms with Gasteiger partial charge in [-0.3, -0.25) is 4.79 Å². The number of nitriles is 1. The van der Waals surface area contributed by atoms with Crippen LogP contribution in [0.2, 0.25) is 5.02 Å². The third-order valence-electron chi connectivity index (χ3n) is 7.48. The minimum absolute atomic E-state index is 0.0270. The molecule has 3 rings (SSSR count). The van der Waals surface area contributed by atoms with Crippen molar-refractivity contribution in [2.75, 3.05) is 0 Å². The standard InChI is InChI=1S/C23H26ClFN2O4/c1-12(11-26)23(9-4-5-10-23)22(3)19(21(30)31)18(16(20(28)29)13(2)27-22)17-14(24)7-6-8-15(17)25/h6-8,12,18-19,27H,4-5,9-10H2,1-3H3,(H,28,29)(H,30,31). The van der Waals surface area contributed by atoms with Gasteiger partial charge in [-0.2, -0.15) is 5.26 Å². The summed E-state index contributed by atoms with van der Waals surface area (Å²) in [6, 6.07) is 6.26. The molecule has 1 aromatic rings. The van der Waals surface area contributed by atoms with Gasteiger partial charge in [0.05, 0.1) is 29.0 Å². The number of allylic oxidation sites excluding steroid dienone is 1.